The van der Waals surface area contributed by atoms with Crippen LogP contribution in [0.2, 0.25) is 0 Å². The maximum absolute atomic E-state index is 12.9. The third-order valence-electron chi connectivity index (χ3n) is 20.9. The summed E-state index contributed by atoms with van der Waals surface area (Å²) >= 11 is 1.43. The highest BCUT2D eigenvalue weighted by molar-refractivity contribution is 7.99. The number of ketones is 1. The Morgan fingerprint density at radius 1 is 0.543 bits per heavy atom. The number of Topliss-reactive ketones (excluding diaryl/α,β-unsaturated/α-hetero) is 1. The number of allylic oxidation sites excluding steroid dienone is 1. The zero-order valence-electron chi connectivity index (χ0n) is 59.8. The monoisotopic (exact) mass is 1350 g/mol. The van der Waals surface area contributed by atoms with Crippen molar-refractivity contribution >= 4 is 35.3 Å². The standard InChI is InChI=1S/C74H132N2O17S/c1-8-13-60(69(77)9-2)16-10-11-27-75-70(78)24-53-94-57-71(79)76-28-30-82-32-34-84-36-38-86-40-42-88-44-46-90-48-50-92-52-51-91-49-47-89-45-43-87-41-39-85-37-35-83-33-31-81-29-23-72(80)93-63-21-26-74(7)62(55-63)18-20-65-67(74)22-25-73(6)56-66-61(54-68(65)73)17-19-64(66)59(5)15-12-14-58(3)4/h18,58-61,63-68H,8-17,19-57H2,1-7H3,(H,75,78)(H,76,79)/t59?,60?,61?,63-,64?,65+,66?,67+,68+,73+,74-/m1/s1. The summed E-state index contributed by atoms with van der Waals surface area (Å²) in [6.45, 7) is 28.6. The minimum atomic E-state index is -0.156. The molecule has 4 saturated carbocycles. The molecule has 2 amide bonds. The van der Waals surface area contributed by atoms with Crippen LogP contribution in [-0.2, 0) is 80.8 Å². The molecule has 0 aromatic carbocycles. The molecule has 4 fully saturated rings. The lowest BCUT2D eigenvalue weighted by molar-refractivity contribution is -0.153. The van der Waals surface area contributed by atoms with Crippen molar-refractivity contribution in [2.24, 2.45) is 64.1 Å². The number of esters is 1. The summed E-state index contributed by atoms with van der Waals surface area (Å²) in [5.74, 6) is 8.13. The zero-order valence-corrected chi connectivity index (χ0v) is 60.7. The van der Waals surface area contributed by atoms with Crippen LogP contribution in [-0.4, -0.2) is 213 Å². The van der Waals surface area contributed by atoms with Crippen molar-refractivity contribution < 1.29 is 80.8 Å². The molecule has 19 nitrogen and oxygen atoms in total. The molecule has 11 atom stereocenters. The molecule has 20 heteroatoms. The first-order valence-corrected chi connectivity index (χ1v) is 38.4. The Labute approximate surface area is 572 Å². The highest BCUT2D eigenvalue weighted by Crippen LogP contribution is 2.67. The van der Waals surface area contributed by atoms with E-state index in [1.807, 2.05) is 6.92 Å². The fraction of sp³-hybridized carbons (Fsp3) is 0.919. The van der Waals surface area contributed by atoms with E-state index in [0.29, 0.717) is 207 Å². The molecule has 94 heavy (non-hydrogen) atoms. The SMILES string of the molecule is CCCC(CCCCNC(=O)CCSCC(=O)NCCOCCOCCOCCOCCOCCOCCOCCOCCOCCOCCOCCOCCC(=O)O[C@@H]1CC[C@]2(C)C(=CC[C@@H]3[C@@H]4CC5CCC(C(C)CCCC(C)C)C5C[C@]4(C)CC[C@@H]32)C1)C(=O)CC. The van der Waals surface area contributed by atoms with E-state index < -0.39 is 0 Å². The number of unbranched alkanes of at least 4 members (excludes halogenated alkanes) is 1. The van der Waals surface area contributed by atoms with E-state index in [9.17, 15) is 19.2 Å². The summed E-state index contributed by atoms with van der Waals surface area (Å²) < 4.78 is 73.0. The molecular weight excluding hydrogens is 1220 g/mol. The van der Waals surface area contributed by atoms with Crippen LogP contribution < -0.4 is 10.6 Å². The van der Waals surface area contributed by atoms with Gasteiger partial charge in [0.15, 0.2) is 0 Å². The molecule has 0 aliphatic heterocycles. The molecule has 0 aromatic heterocycles. The molecule has 0 bridgehead atoms. The van der Waals surface area contributed by atoms with E-state index in [1.54, 1.807) is 5.57 Å². The molecule has 2 N–H and O–H groups in total. The summed E-state index contributed by atoms with van der Waals surface area (Å²) in [4.78, 5) is 49.1. The van der Waals surface area contributed by atoms with Gasteiger partial charge in [-0.15, -0.1) is 0 Å². The summed E-state index contributed by atoms with van der Waals surface area (Å²) in [6, 6.07) is 0. The Bertz CT molecular complexity index is 2040. The van der Waals surface area contributed by atoms with Crippen LogP contribution in [0.5, 0.6) is 0 Å². The lowest BCUT2D eigenvalue weighted by atomic mass is 9.43. The fourth-order valence-electron chi connectivity index (χ4n) is 15.8. The topological polar surface area (TPSA) is 212 Å². The smallest absolute Gasteiger partial charge is 0.308 e. The first-order chi connectivity index (χ1) is 45.8. The molecule has 0 heterocycles. The van der Waals surface area contributed by atoms with Gasteiger partial charge in [0.1, 0.15) is 11.9 Å². The predicted octanol–water partition coefficient (Wildman–Crippen LogP) is 11.5. The van der Waals surface area contributed by atoms with Crippen LogP contribution in [0.3, 0.4) is 0 Å². The lowest BCUT2D eigenvalue weighted by Gasteiger charge is -2.61. The van der Waals surface area contributed by atoms with Gasteiger partial charge in [0.2, 0.25) is 11.8 Å². The zero-order chi connectivity index (χ0) is 67.3. The average Bonchev–Trinajstić information content (AvgIpc) is 1.08. The normalized spacial score (nSPS) is 24.6. The van der Waals surface area contributed by atoms with Crippen molar-refractivity contribution in [3.8, 4) is 0 Å². The minimum absolute atomic E-state index is 0.00916. The van der Waals surface area contributed by atoms with Crippen LogP contribution in [0.25, 0.3) is 0 Å². The predicted molar refractivity (Wildman–Crippen MR) is 369 cm³/mol. The number of nitrogens with one attached hydrogen (secondary N) is 2. The maximum Gasteiger partial charge on any atom is 0.308 e. The summed E-state index contributed by atoms with van der Waals surface area (Å²) in [6.07, 6.45) is 25.6. The van der Waals surface area contributed by atoms with Gasteiger partial charge in [-0.3, -0.25) is 19.2 Å². The number of hydrogen-bond donors (Lipinski definition) is 2. The van der Waals surface area contributed by atoms with Crippen molar-refractivity contribution in [2.75, 3.05) is 183 Å². The second kappa shape index (κ2) is 50.1. The van der Waals surface area contributed by atoms with Crippen LogP contribution in [0, 0.1) is 64.1 Å². The summed E-state index contributed by atoms with van der Waals surface area (Å²) in [7, 11) is 0. The average molecular weight is 1350 g/mol. The van der Waals surface area contributed by atoms with E-state index in [0.717, 1.165) is 98.7 Å². The van der Waals surface area contributed by atoms with Crippen LogP contribution in [0.1, 0.15) is 183 Å². The van der Waals surface area contributed by atoms with E-state index in [1.165, 1.54) is 76.0 Å². The number of ether oxygens (including phenoxy) is 13. The second-order valence-electron chi connectivity index (χ2n) is 28.1. The number of rotatable bonds is 59. The van der Waals surface area contributed by atoms with Gasteiger partial charge in [0, 0.05) is 44.0 Å². The fourth-order valence-corrected chi connectivity index (χ4v) is 16.5. The van der Waals surface area contributed by atoms with Crippen molar-refractivity contribution in [3.63, 3.8) is 0 Å². The van der Waals surface area contributed by atoms with Gasteiger partial charge in [-0.05, 0) is 135 Å². The van der Waals surface area contributed by atoms with Gasteiger partial charge in [-0.25, -0.2) is 0 Å². The maximum atomic E-state index is 12.9. The second-order valence-corrected chi connectivity index (χ2v) is 29.2. The Morgan fingerprint density at radius 2 is 1.07 bits per heavy atom. The van der Waals surface area contributed by atoms with Gasteiger partial charge in [0.25, 0.3) is 0 Å². The molecule has 0 radical (unpaired) electrons. The number of carbonyl (C=O) groups excluding carboxylic acids is 4. The van der Waals surface area contributed by atoms with Gasteiger partial charge in [-0.2, -0.15) is 11.8 Å². The Balaban J connectivity index is 0.681. The van der Waals surface area contributed by atoms with E-state index in [2.05, 4.69) is 58.3 Å². The first-order valence-electron chi connectivity index (χ1n) is 37.2. The third kappa shape index (κ3) is 32.8. The third-order valence-corrected chi connectivity index (χ3v) is 21.9. The molecule has 5 unspecified atom stereocenters. The van der Waals surface area contributed by atoms with E-state index in [4.69, 9.17) is 61.6 Å². The molecule has 0 spiro atoms. The number of hydrogen-bond acceptors (Lipinski definition) is 18. The molecule has 0 saturated heterocycles. The highest BCUT2D eigenvalue weighted by atomic mass is 32.2. The van der Waals surface area contributed by atoms with Crippen molar-refractivity contribution in [3.05, 3.63) is 11.6 Å². The first kappa shape index (κ1) is 82.4. The lowest BCUT2D eigenvalue weighted by Crippen LogP contribution is -2.53. The van der Waals surface area contributed by atoms with Crippen molar-refractivity contribution in [1.82, 2.24) is 10.6 Å². The number of fused-ring (bicyclic) bond motifs is 6. The molecular formula is C74H132N2O17S. The van der Waals surface area contributed by atoms with Gasteiger partial charge in [0.05, 0.1) is 171 Å². The molecule has 546 valence electrons. The van der Waals surface area contributed by atoms with Crippen molar-refractivity contribution in [2.45, 2.75) is 189 Å². The Kier molecular flexibility index (Phi) is 43.9. The van der Waals surface area contributed by atoms with Crippen LogP contribution in [0.15, 0.2) is 11.6 Å². The minimum Gasteiger partial charge on any atom is -0.462 e. The van der Waals surface area contributed by atoms with Crippen LogP contribution in [0.4, 0.5) is 0 Å². The van der Waals surface area contributed by atoms with Gasteiger partial charge >= 0.3 is 5.97 Å². The highest BCUT2D eigenvalue weighted by Gasteiger charge is 2.59. The Hall–Kier alpha value is -2.31. The van der Waals surface area contributed by atoms with Crippen molar-refractivity contribution in [1.29, 1.82) is 0 Å². The van der Waals surface area contributed by atoms with E-state index in [-0.39, 0.29) is 41.6 Å². The largest absolute Gasteiger partial charge is 0.462 e. The molecule has 5 aliphatic carbocycles. The van der Waals surface area contributed by atoms with Gasteiger partial charge in [-0.1, -0.05) is 92.2 Å². The summed E-state index contributed by atoms with van der Waals surface area (Å²) in [5, 5.41) is 5.76. The number of carbonyl (C=O) groups is 4. The van der Waals surface area contributed by atoms with Crippen LogP contribution >= 0.6 is 11.8 Å². The quantitative estimate of drug-likeness (QED) is 0.0329. The Morgan fingerprint density at radius 3 is 1.61 bits per heavy atom. The molecule has 0 aromatic rings. The van der Waals surface area contributed by atoms with E-state index >= 15 is 0 Å². The number of amides is 2. The molecule has 5 rings (SSSR count). The summed E-state index contributed by atoms with van der Waals surface area (Å²) in [5.41, 5.74) is 2.33. The van der Waals surface area contributed by atoms with Gasteiger partial charge < -0.3 is 72.2 Å². The molecule has 5 aliphatic rings. The number of thioether (sulfide) groups is 1.